The van der Waals surface area contributed by atoms with Crippen LogP contribution in [0.1, 0.15) is 28.8 Å². The van der Waals surface area contributed by atoms with E-state index in [1.165, 1.54) is 22.8 Å². The van der Waals surface area contributed by atoms with Gasteiger partial charge in [-0.15, -0.1) is 0 Å². The summed E-state index contributed by atoms with van der Waals surface area (Å²) in [4.78, 5) is 16.9. The lowest BCUT2D eigenvalue weighted by molar-refractivity contribution is -0.00578. The Kier molecular flexibility index (Phi) is 6.08. The minimum Gasteiger partial charge on any atom is -0.487 e. The molecule has 0 amide bonds. The van der Waals surface area contributed by atoms with Gasteiger partial charge in [0.05, 0.1) is 30.0 Å². The number of hydrogen-bond donors (Lipinski definition) is 1. The molecule has 0 atom stereocenters. The Balaban J connectivity index is 1.26. The molecule has 1 aromatic carbocycles. The van der Waals surface area contributed by atoms with E-state index in [2.05, 4.69) is 34.6 Å². The van der Waals surface area contributed by atoms with Crippen molar-refractivity contribution in [2.45, 2.75) is 32.0 Å². The largest absolute Gasteiger partial charge is 0.487 e. The molecule has 3 aromatic rings. The Bertz CT molecular complexity index is 1200. The number of allylic oxidation sites excluding steroid dienone is 1. The lowest BCUT2D eigenvalue weighted by atomic mass is 9.93. The molecule has 0 bridgehead atoms. The molecule has 0 saturated carbocycles. The SMILES string of the molecule is O=c1cc(OCc2ccc(Cl)cn2)ccn1C1=Cc2ccc(CNC3COC3)cc2CC1. The Morgan fingerprint density at radius 3 is 2.81 bits per heavy atom. The third-order valence-electron chi connectivity index (χ3n) is 5.79. The van der Waals surface area contributed by atoms with Gasteiger partial charge >= 0.3 is 0 Å². The molecular formula is C25H24ClN3O3. The molecule has 1 N–H and O–H groups in total. The highest BCUT2D eigenvalue weighted by molar-refractivity contribution is 6.30. The van der Waals surface area contributed by atoms with Crippen LogP contribution in [0.2, 0.25) is 5.02 Å². The normalized spacial score (nSPS) is 15.6. The third-order valence-corrected chi connectivity index (χ3v) is 6.01. The van der Waals surface area contributed by atoms with Gasteiger partial charge in [-0.1, -0.05) is 29.8 Å². The van der Waals surface area contributed by atoms with Crippen LogP contribution < -0.4 is 15.6 Å². The van der Waals surface area contributed by atoms with E-state index < -0.39 is 0 Å². The van der Waals surface area contributed by atoms with Crippen molar-refractivity contribution in [3.8, 4) is 5.75 Å². The summed E-state index contributed by atoms with van der Waals surface area (Å²) in [6.07, 6.45) is 7.19. The number of aromatic nitrogens is 2. The summed E-state index contributed by atoms with van der Waals surface area (Å²) < 4.78 is 12.6. The number of fused-ring (bicyclic) bond motifs is 1. The van der Waals surface area contributed by atoms with Crippen LogP contribution in [0.15, 0.2) is 59.7 Å². The van der Waals surface area contributed by atoms with E-state index in [4.69, 9.17) is 21.1 Å². The van der Waals surface area contributed by atoms with Crippen LogP contribution in [-0.2, 0) is 24.3 Å². The summed E-state index contributed by atoms with van der Waals surface area (Å²) in [6, 6.07) is 13.9. The van der Waals surface area contributed by atoms with Crippen molar-refractivity contribution < 1.29 is 9.47 Å². The molecule has 6 nitrogen and oxygen atoms in total. The average Bonchev–Trinajstić information content (AvgIpc) is 2.77. The van der Waals surface area contributed by atoms with Crippen LogP contribution in [0.3, 0.4) is 0 Å². The van der Waals surface area contributed by atoms with Gasteiger partial charge in [-0.2, -0.15) is 0 Å². The number of rotatable bonds is 7. The van der Waals surface area contributed by atoms with E-state index in [1.54, 1.807) is 29.1 Å². The molecule has 0 radical (unpaired) electrons. The van der Waals surface area contributed by atoms with E-state index in [-0.39, 0.29) is 12.2 Å². The van der Waals surface area contributed by atoms with Crippen LogP contribution in [0.5, 0.6) is 5.75 Å². The topological polar surface area (TPSA) is 65.4 Å². The molecule has 0 unspecified atom stereocenters. The van der Waals surface area contributed by atoms with Crippen LogP contribution >= 0.6 is 11.6 Å². The molecule has 3 heterocycles. The minimum atomic E-state index is -0.107. The van der Waals surface area contributed by atoms with E-state index in [9.17, 15) is 4.79 Å². The fraction of sp³-hybridized carbons (Fsp3) is 0.280. The lowest BCUT2D eigenvalue weighted by Gasteiger charge is -2.27. The van der Waals surface area contributed by atoms with Crippen molar-refractivity contribution >= 4 is 23.4 Å². The lowest BCUT2D eigenvalue weighted by Crippen LogP contribution is -2.45. The number of aryl methyl sites for hydroxylation is 1. The van der Waals surface area contributed by atoms with Gasteiger partial charge in [0.2, 0.25) is 0 Å². The van der Waals surface area contributed by atoms with Gasteiger partial charge in [-0.3, -0.25) is 14.3 Å². The van der Waals surface area contributed by atoms with Crippen LogP contribution in [0.4, 0.5) is 0 Å². The van der Waals surface area contributed by atoms with Crippen molar-refractivity contribution in [2.24, 2.45) is 0 Å². The summed E-state index contributed by atoms with van der Waals surface area (Å²) in [5.41, 5.74) is 5.40. The van der Waals surface area contributed by atoms with Gasteiger partial charge in [0.25, 0.3) is 5.56 Å². The van der Waals surface area contributed by atoms with E-state index in [0.29, 0.717) is 16.8 Å². The van der Waals surface area contributed by atoms with Crippen molar-refractivity contribution in [3.63, 3.8) is 0 Å². The van der Waals surface area contributed by atoms with Crippen molar-refractivity contribution in [1.82, 2.24) is 14.9 Å². The highest BCUT2D eigenvalue weighted by Gasteiger charge is 2.18. The van der Waals surface area contributed by atoms with Crippen LogP contribution in [0.25, 0.3) is 11.8 Å². The highest BCUT2D eigenvalue weighted by Crippen LogP contribution is 2.27. The summed E-state index contributed by atoms with van der Waals surface area (Å²) >= 11 is 5.85. The Morgan fingerprint density at radius 2 is 2.06 bits per heavy atom. The van der Waals surface area contributed by atoms with Gasteiger partial charge in [0.1, 0.15) is 12.4 Å². The summed E-state index contributed by atoms with van der Waals surface area (Å²) in [7, 11) is 0. The molecule has 2 aliphatic rings. The Morgan fingerprint density at radius 1 is 1.16 bits per heavy atom. The van der Waals surface area contributed by atoms with Crippen LogP contribution in [0, 0.1) is 0 Å². The van der Waals surface area contributed by atoms with E-state index >= 15 is 0 Å². The Labute approximate surface area is 191 Å². The van der Waals surface area contributed by atoms with Crippen molar-refractivity contribution in [3.05, 3.63) is 92.6 Å². The molecule has 1 saturated heterocycles. The summed E-state index contributed by atoms with van der Waals surface area (Å²) in [6.45, 7) is 2.73. The fourth-order valence-corrected chi connectivity index (χ4v) is 4.00. The smallest absolute Gasteiger partial charge is 0.258 e. The van der Waals surface area contributed by atoms with Crippen molar-refractivity contribution in [1.29, 1.82) is 0 Å². The first-order chi connectivity index (χ1) is 15.6. The second-order valence-electron chi connectivity index (χ2n) is 8.11. The maximum absolute atomic E-state index is 12.7. The Hall–Kier alpha value is -2.93. The fourth-order valence-electron chi connectivity index (χ4n) is 3.88. The zero-order chi connectivity index (χ0) is 21.9. The number of nitrogens with zero attached hydrogens (tertiary/aromatic N) is 2. The molecule has 0 spiro atoms. The average molecular weight is 450 g/mol. The van der Waals surface area contributed by atoms with Gasteiger partial charge in [0.15, 0.2) is 0 Å². The van der Waals surface area contributed by atoms with Gasteiger partial charge in [0, 0.05) is 30.7 Å². The first-order valence-electron chi connectivity index (χ1n) is 10.7. The van der Waals surface area contributed by atoms with Crippen molar-refractivity contribution in [2.75, 3.05) is 13.2 Å². The van der Waals surface area contributed by atoms with Gasteiger partial charge < -0.3 is 14.8 Å². The molecule has 1 fully saturated rings. The number of pyridine rings is 2. The number of nitrogens with one attached hydrogen (secondary N) is 1. The second-order valence-corrected chi connectivity index (χ2v) is 8.55. The zero-order valence-corrected chi connectivity index (χ0v) is 18.3. The van der Waals surface area contributed by atoms with Gasteiger partial charge in [-0.05, 0) is 53.8 Å². The second kappa shape index (κ2) is 9.28. The first kappa shape index (κ1) is 20.9. The molecule has 164 valence electrons. The number of hydrogen-bond acceptors (Lipinski definition) is 5. The highest BCUT2D eigenvalue weighted by atomic mass is 35.5. The third kappa shape index (κ3) is 4.78. The molecule has 1 aliphatic carbocycles. The maximum Gasteiger partial charge on any atom is 0.258 e. The number of halogens is 1. The minimum absolute atomic E-state index is 0.107. The maximum atomic E-state index is 12.7. The predicted octanol–water partition coefficient (Wildman–Crippen LogP) is 3.91. The monoisotopic (exact) mass is 449 g/mol. The van der Waals surface area contributed by atoms with E-state index in [1.807, 2.05) is 6.07 Å². The summed E-state index contributed by atoms with van der Waals surface area (Å²) in [5.74, 6) is 0.522. The summed E-state index contributed by atoms with van der Waals surface area (Å²) in [5, 5.41) is 4.08. The number of ether oxygens (including phenoxy) is 2. The molecule has 32 heavy (non-hydrogen) atoms. The quantitative estimate of drug-likeness (QED) is 0.592. The van der Waals surface area contributed by atoms with Crippen LogP contribution in [-0.4, -0.2) is 28.8 Å². The molecule has 5 rings (SSSR count). The predicted molar refractivity (Wildman–Crippen MR) is 125 cm³/mol. The van der Waals surface area contributed by atoms with Gasteiger partial charge in [-0.25, -0.2) is 0 Å². The molecule has 7 heteroatoms. The molecule has 1 aliphatic heterocycles. The molecular weight excluding hydrogens is 426 g/mol. The first-order valence-corrected chi connectivity index (χ1v) is 11.1. The molecule has 2 aromatic heterocycles. The van der Waals surface area contributed by atoms with E-state index in [0.717, 1.165) is 44.0 Å². The zero-order valence-electron chi connectivity index (χ0n) is 17.6. The standard InChI is InChI=1S/C25H24ClN3O3/c26-20-4-5-21(28-13-20)16-32-24-7-8-29(25(30)11-24)23-6-3-18-9-17(1-2-19(18)10-23)12-27-22-14-31-15-22/h1-2,4-5,7-11,13,22,27H,3,6,12,14-16H2. The number of benzene rings is 1.